The molecule has 0 spiro atoms. The molecule has 0 N–H and O–H groups in total. The zero-order valence-electron chi connectivity index (χ0n) is 6.26. The summed E-state index contributed by atoms with van der Waals surface area (Å²) in [5.74, 6) is 0.192. The first kappa shape index (κ1) is 10.6. The molecule has 0 amide bonds. The molecule has 0 saturated heterocycles. The van der Waals surface area contributed by atoms with Gasteiger partial charge >= 0.3 is 6.47 Å². The number of benzene rings is 1. The van der Waals surface area contributed by atoms with Crippen LogP contribution in [0.2, 0.25) is 0 Å². The van der Waals surface area contributed by atoms with Crippen LogP contribution < -0.4 is 4.74 Å². The minimum absolute atomic E-state index is 0.192. The van der Waals surface area contributed by atoms with E-state index in [-0.39, 0.29) is 5.75 Å². The van der Waals surface area contributed by atoms with Gasteiger partial charge in [0.25, 0.3) is 0 Å². The predicted molar refractivity (Wildman–Crippen MR) is 52.0 cm³/mol. The summed E-state index contributed by atoms with van der Waals surface area (Å²) in [4.78, 5) is 9.98. The highest BCUT2D eigenvalue weighted by molar-refractivity contribution is 6.66. The topological polar surface area (TPSA) is 26.3 Å². The Morgan fingerprint density at radius 1 is 1.23 bits per heavy atom. The summed E-state index contributed by atoms with van der Waals surface area (Å²) in [6.45, 7) is 1.27. The Bertz CT molecular complexity index is 307. The summed E-state index contributed by atoms with van der Waals surface area (Å²) < 4.78 is 2.90. The van der Waals surface area contributed by atoms with E-state index < -0.39 is 3.79 Å². The summed E-state index contributed by atoms with van der Waals surface area (Å²) in [5.41, 5.74) is 0.309. The van der Waals surface area contributed by atoms with Gasteiger partial charge in [-0.2, -0.15) is 0 Å². The molecule has 0 aliphatic rings. The average molecular weight is 238 g/mol. The number of hydrogen-bond acceptors (Lipinski definition) is 2. The highest BCUT2D eigenvalue weighted by Gasteiger charge is 2.26. The fraction of sp³-hybridized carbons (Fsp3) is 0.125. The van der Waals surface area contributed by atoms with E-state index in [9.17, 15) is 4.79 Å². The lowest BCUT2D eigenvalue weighted by Crippen LogP contribution is -2.03. The fourth-order valence-electron chi connectivity index (χ4n) is 0.835. The summed E-state index contributed by atoms with van der Waals surface area (Å²) in [5, 5.41) is 0. The van der Waals surface area contributed by atoms with Crippen LogP contribution >= 0.6 is 34.8 Å². The summed E-state index contributed by atoms with van der Waals surface area (Å²) >= 11 is 16.9. The number of rotatable bonds is 2. The molecular weight excluding hydrogens is 234 g/mol. The van der Waals surface area contributed by atoms with Crippen LogP contribution in [0.5, 0.6) is 5.75 Å². The number of para-hydroxylation sites is 1. The lowest BCUT2D eigenvalue weighted by atomic mass is 10.2. The number of hydrogen-bond donors (Lipinski definition) is 0. The summed E-state index contributed by atoms with van der Waals surface area (Å²) in [7, 11) is 0. The molecule has 5 heteroatoms. The smallest absolute Gasteiger partial charge is 0.418 e. The van der Waals surface area contributed by atoms with E-state index in [4.69, 9.17) is 34.8 Å². The van der Waals surface area contributed by atoms with Crippen molar-refractivity contribution in [1.29, 1.82) is 0 Å². The van der Waals surface area contributed by atoms with Crippen LogP contribution in [0.15, 0.2) is 24.3 Å². The zero-order chi connectivity index (χ0) is 9.90. The van der Waals surface area contributed by atoms with Crippen LogP contribution in [0.1, 0.15) is 5.56 Å². The SMILES string of the molecule is O=[C]Oc1ccccc1C(Cl)(Cl)Cl. The maximum Gasteiger partial charge on any atom is 0.423 e. The largest absolute Gasteiger partial charge is 0.423 e. The molecule has 1 aromatic carbocycles. The van der Waals surface area contributed by atoms with Gasteiger partial charge in [-0.1, -0.05) is 53.0 Å². The van der Waals surface area contributed by atoms with E-state index in [1.807, 2.05) is 0 Å². The summed E-state index contributed by atoms with van der Waals surface area (Å²) in [6.07, 6.45) is 0. The van der Waals surface area contributed by atoms with Crippen LogP contribution in [0.25, 0.3) is 0 Å². The molecule has 1 aromatic rings. The highest BCUT2D eigenvalue weighted by Crippen LogP contribution is 2.42. The van der Waals surface area contributed by atoms with Crippen LogP contribution in [0.3, 0.4) is 0 Å². The van der Waals surface area contributed by atoms with Crippen molar-refractivity contribution >= 4 is 41.3 Å². The first-order valence-corrected chi connectivity index (χ1v) is 4.39. The van der Waals surface area contributed by atoms with E-state index in [1.165, 1.54) is 12.5 Å². The minimum atomic E-state index is -1.60. The molecule has 0 heterocycles. The van der Waals surface area contributed by atoms with Crippen LogP contribution in [-0.4, -0.2) is 6.47 Å². The lowest BCUT2D eigenvalue weighted by Gasteiger charge is -2.13. The molecule has 0 atom stereocenters. The Labute approximate surface area is 90.3 Å². The molecular formula is C8H4Cl3O2. The van der Waals surface area contributed by atoms with Gasteiger partial charge in [0.05, 0.1) is 0 Å². The van der Waals surface area contributed by atoms with Gasteiger partial charge in [0.2, 0.25) is 3.79 Å². The Kier molecular flexibility index (Phi) is 3.42. The Morgan fingerprint density at radius 2 is 1.85 bits per heavy atom. The van der Waals surface area contributed by atoms with Crippen molar-refractivity contribution in [3.8, 4) is 5.75 Å². The molecule has 69 valence electrons. The van der Waals surface area contributed by atoms with Crippen molar-refractivity contribution in [3.05, 3.63) is 29.8 Å². The molecule has 0 bridgehead atoms. The number of carbonyl (C=O) groups excluding carboxylic acids is 1. The van der Waals surface area contributed by atoms with Crippen molar-refractivity contribution in [2.75, 3.05) is 0 Å². The van der Waals surface area contributed by atoms with E-state index in [1.54, 1.807) is 18.2 Å². The first-order valence-electron chi connectivity index (χ1n) is 3.26. The molecule has 0 unspecified atom stereocenters. The third-order valence-corrected chi connectivity index (χ3v) is 1.95. The van der Waals surface area contributed by atoms with Crippen molar-refractivity contribution in [3.63, 3.8) is 0 Å². The maximum atomic E-state index is 9.98. The van der Waals surface area contributed by atoms with Gasteiger partial charge < -0.3 is 4.74 Å². The first-order chi connectivity index (χ1) is 6.05. The van der Waals surface area contributed by atoms with Gasteiger partial charge in [-0.3, -0.25) is 0 Å². The predicted octanol–water partition coefficient (Wildman–Crippen LogP) is 2.96. The number of halogens is 3. The van der Waals surface area contributed by atoms with Gasteiger partial charge in [0, 0.05) is 5.56 Å². The lowest BCUT2D eigenvalue weighted by molar-refractivity contribution is 0.440. The van der Waals surface area contributed by atoms with E-state index in [2.05, 4.69) is 4.74 Å². The molecule has 0 aliphatic heterocycles. The quantitative estimate of drug-likeness (QED) is 0.741. The second kappa shape index (κ2) is 4.18. The molecule has 2 nitrogen and oxygen atoms in total. The van der Waals surface area contributed by atoms with Gasteiger partial charge in [0.1, 0.15) is 5.75 Å². The van der Waals surface area contributed by atoms with Crippen molar-refractivity contribution in [1.82, 2.24) is 0 Å². The third kappa shape index (κ3) is 2.76. The average Bonchev–Trinajstić information content (AvgIpc) is 2.04. The zero-order valence-corrected chi connectivity index (χ0v) is 8.53. The molecule has 0 aliphatic carbocycles. The van der Waals surface area contributed by atoms with Gasteiger partial charge in [-0.15, -0.1) is 0 Å². The molecule has 13 heavy (non-hydrogen) atoms. The molecule has 0 fully saturated rings. The van der Waals surface area contributed by atoms with Gasteiger partial charge in [0.15, 0.2) is 0 Å². The van der Waals surface area contributed by atoms with E-state index in [0.717, 1.165) is 0 Å². The molecule has 0 aromatic heterocycles. The van der Waals surface area contributed by atoms with Gasteiger partial charge in [-0.25, -0.2) is 4.79 Å². The fourth-order valence-corrected chi connectivity index (χ4v) is 1.30. The molecule has 1 rings (SSSR count). The van der Waals surface area contributed by atoms with Crippen molar-refractivity contribution in [2.24, 2.45) is 0 Å². The maximum absolute atomic E-state index is 9.98. The van der Waals surface area contributed by atoms with Crippen molar-refractivity contribution < 1.29 is 9.53 Å². The molecule has 1 radical (unpaired) electrons. The number of alkyl halides is 3. The van der Waals surface area contributed by atoms with E-state index in [0.29, 0.717) is 5.56 Å². The van der Waals surface area contributed by atoms with Gasteiger partial charge in [-0.05, 0) is 6.07 Å². The number of ether oxygens (including phenoxy) is 1. The second-order valence-electron chi connectivity index (χ2n) is 2.18. The second-order valence-corrected chi connectivity index (χ2v) is 4.46. The Morgan fingerprint density at radius 3 is 2.38 bits per heavy atom. The van der Waals surface area contributed by atoms with E-state index >= 15 is 0 Å². The van der Waals surface area contributed by atoms with Crippen LogP contribution in [0, 0.1) is 0 Å². The van der Waals surface area contributed by atoms with Crippen LogP contribution in [-0.2, 0) is 8.59 Å². The molecule has 0 saturated carbocycles. The Hall–Kier alpha value is -0.440. The van der Waals surface area contributed by atoms with Crippen LogP contribution in [0.4, 0.5) is 0 Å². The standard InChI is InChI=1S/C8H4Cl3O2/c9-8(10,11)6-3-1-2-4-7(6)13-5-12/h1-4H. The normalized spacial score (nSPS) is 11.0. The third-order valence-electron chi connectivity index (χ3n) is 1.34. The Balaban J connectivity index is 3.11. The van der Waals surface area contributed by atoms with Crippen molar-refractivity contribution in [2.45, 2.75) is 3.79 Å². The highest BCUT2D eigenvalue weighted by atomic mass is 35.6. The monoisotopic (exact) mass is 237 g/mol. The summed E-state index contributed by atoms with van der Waals surface area (Å²) in [6, 6.07) is 6.41. The minimum Gasteiger partial charge on any atom is -0.418 e.